The zero-order valence-electron chi connectivity index (χ0n) is 17.7. The van der Waals surface area contributed by atoms with Crippen LogP contribution >= 0.6 is 0 Å². The van der Waals surface area contributed by atoms with Crippen molar-refractivity contribution in [2.45, 2.75) is 19.4 Å². The van der Waals surface area contributed by atoms with Crippen molar-refractivity contribution < 1.29 is 18.6 Å². The fourth-order valence-electron chi connectivity index (χ4n) is 3.14. The van der Waals surface area contributed by atoms with Crippen LogP contribution in [-0.2, 0) is 0 Å². The number of hydrogen-bond acceptors (Lipinski definition) is 8. The maximum absolute atomic E-state index is 14.4. The quantitative estimate of drug-likeness (QED) is 0.524. The van der Waals surface area contributed by atoms with E-state index in [1.54, 1.807) is 32.4 Å². The summed E-state index contributed by atoms with van der Waals surface area (Å²) < 4.78 is 30.9. The van der Waals surface area contributed by atoms with Crippen LogP contribution in [0.4, 0.5) is 33.2 Å². The summed E-state index contributed by atoms with van der Waals surface area (Å²) in [4.78, 5) is 8.29. The van der Waals surface area contributed by atoms with Crippen LogP contribution in [0.15, 0.2) is 42.6 Å². The highest BCUT2D eigenvalue weighted by Gasteiger charge is 2.26. The van der Waals surface area contributed by atoms with E-state index < -0.39 is 5.82 Å². The Labute approximate surface area is 179 Å². The molecule has 162 valence electrons. The molecule has 9 heteroatoms. The normalized spacial score (nSPS) is 14.0. The van der Waals surface area contributed by atoms with Crippen LogP contribution < -0.4 is 30.2 Å². The lowest BCUT2D eigenvalue weighted by Gasteiger charge is -2.33. The van der Waals surface area contributed by atoms with Gasteiger partial charge in [0.2, 0.25) is 5.95 Å². The molecule has 0 radical (unpaired) electrons. The number of methoxy groups -OCH3 is 2. The molecule has 2 heterocycles. The largest absolute Gasteiger partial charge is 0.497 e. The summed E-state index contributed by atoms with van der Waals surface area (Å²) in [6, 6.07) is 10.8. The molecule has 0 aliphatic carbocycles. The molecular weight excluding hydrogens is 401 g/mol. The van der Waals surface area contributed by atoms with Gasteiger partial charge in [0.05, 0.1) is 32.6 Å². The molecule has 0 saturated carbocycles. The van der Waals surface area contributed by atoms with Crippen molar-refractivity contribution in [2.24, 2.45) is 0 Å². The second-order valence-electron chi connectivity index (χ2n) is 7.67. The molecule has 8 nitrogen and oxygen atoms in total. The van der Waals surface area contributed by atoms with E-state index in [1.165, 1.54) is 0 Å². The molecule has 0 fully saturated rings. The number of hydrogen-bond donors (Lipinski definition) is 3. The summed E-state index contributed by atoms with van der Waals surface area (Å²) >= 11 is 0. The van der Waals surface area contributed by atoms with Crippen LogP contribution in [0.2, 0.25) is 0 Å². The van der Waals surface area contributed by atoms with Crippen LogP contribution in [0.5, 0.6) is 17.2 Å². The fraction of sp³-hybridized carbons (Fsp3) is 0.273. The first-order valence-electron chi connectivity index (χ1n) is 9.72. The Morgan fingerprint density at radius 2 is 1.77 bits per heavy atom. The first-order chi connectivity index (χ1) is 14.8. The smallest absolute Gasteiger partial charge is 0.229 e. The van der Waals surface area contributed by atoms with Gasteiger partial charge >= 0.3 is 0 Å². The van der Waals surface area contributed by atoms with Gasteiger partial charge in [-0.05, 0) is 32.0 Å². The van der Waals surface area contributed by atoms with Crippen molar-refractivity contribution in [1.82, 2.24) is 9.97 Å². The maximum atomic E-state index is 14.4. The van der Waals surface area contributed by atoms with Crippen molar-refractivity contribution in [1.29, 1.82) is 0 Å². The van der Waals surface area contributed by atoms with Crippen LogP contribution in [0.25, 0.3) is 0 Å². The van der Waals surface area contributed by atoms with Crippen molar-refractivity contribution in [3.05, 3.63) is 48.4 Å². The van der Waals surface area contributed by atoms with Crippen molar-refractivity contribution >= 4 is 28.8 Å². The standard InChI is InChI=1S/C22H24FN5O3/c1-22(2)12-25-18-9-13(5-6-19(18)31-22)26-20-17(23)11-24-21(28-20)27-14-7-15(29-3)10-16(8-14)30-4/h5-11,25H,12H2,1-4H3,(H2,24,26,27,28). The van der Waals surface area contributed by atoms with Crippen LogP contribution in [0.1, 0.15) is 13.8 Å². The summed E-state index contributed by atoms with van der Waals surface area (Å²) in [7, 11) is 3.13. The minimum atomic E-state index is -0.572. The number of nitrogens with zero attached hydrogens (tertiary/aromatic N) is 2. The van der Waals surface area contributed by atoms with Crippen molar-refractivity contribution in [2.75, 3.05) is 36.7 Å². The third-order valence-electron chi connectivity index (χ3n) is 4.68. The molecule has 0 bridgehead atoms. The Morgan fingerprint density at radius 3 is 2.48 bits per heavy atom. The summed E-state index contributed by atoms with van der Waals surface area (Å²) in [5, 5.41) is 9.38. The van der Waals surface area contributed by atoms with E-state index in [0.717, 1.165) is 17.6 Å². The van der Waals surface area contributed by atoms with Gasteiger partial charge in [-0.1, -0.05) is 0 Å². The Morgan fingerprint density at radius 1 is 1.03 bits per heavy atom. The molecule has 4 rings (SSSR count). The van der Waals surface area contributed by atoms with E-state index in [4.69, 9.17) is 14.2 Å². The molecule has 2 aromatic carbocycles. The zero-order valence-corrected chi connectivity index (χ0v) is 17.7. The van der Waals surface area contributed by atoms with E-state index in [9.17, 15) is 4.39 Å². The molecular formula is C22H24FN5O3. The van der Waals surface area contributed by atoms with Gasteiger partial charge < -0.3 is 30.2 Å². The van der Waals surface area contributed by atoms with E-state index in [2.05, 4.69) is 25.9 Å². The van der Waals surface area contributed by atoms with E-state index in [-0.39, 0.29) is 17.4 Å². The molecule has 31 heavy (non-hydrogen) atoms. The first kappa shape index (κ1) is 20.5. The summed E-state index contributed by atoms with van der Waals surface area (Å²) in [6.45, 7) is 4.69. The zero-order chi connectivity index (χ0) is 22.0. The molecule has 1 aliphatic heterocycles. The molecule has 0 saturated heterocycles. The maximum Gasteiger partial charge on any atom is 0.229 e. The topological polar surface area (TPSA) is 89.6 Å². The third-order valence-corrected chi connectivity index (χ3v) is 4.68. The molecule has 0 amide bonds. The molecule has 0 unspecified atom stereocenters. The minimum absolute atomic E-state index is 0.0457. The molecule has 1 aromatic heterocycles. The lowest BCUT2D eigenvalue weighted by atomic mass is 10.1. The van der Waals surface area contributed by atoms with E-state index in [1.807, 2.05) is 32.0 Å². The third kappa shape index (κ3) is 4.71. The van der Waals surface area contributed by atoms with Gasteiger partial charge in [0.1, 0.15) is 22.8 Å². The monoisotopic (exact) mass is 425 g/mol. The highest BCUT2D eigenvalue weighted by Crippen LogP contribution is 2.35. The van der Waals surface area contributed by atoms with Crippen LogP contribution in [0, 0.1) is 5.82 Å². The molecule has 1 aliphatic rings. The van der Waals surface area contributed by atoms with E-state index >= 15 is 0 Å². The molecule has 0 atom stereocenters. The second kappa shape index (κ2) is 8.17. The number of aromatic nitrogens is 2. The van der Waals surface area contributed by atoms with Crippen LogP contribution in [0.3, 0.4) is 0 Å². The van der Waals surface area contributed by atoms with Gasteiger partial charge in [-0.15, -0.1) is 0 Å². The number of rotatable bonds is 6. The second-order valence-corrected chi connectivity index (χ2v) is 7.67. The van der Waals surface area contributed by atoms with Gasteiger partial charge in [-0.25, -0.2) is 9.37 Å². The van der Waals surface area contributed by atoms with Gasteiger partial charge in [0.15, 0.2) is 11.6 Å². The Kier molecular flexibility index (Phi) is 5.41. The molecule has 3 aromatic rings. The highest BCUT2D eigenvalue weighted by molar-refractivity contribution is 5.70. The molecule has 0 spiro atoms. The van der Waals surface area contributed by atoms with Gasteiger partial charge in [-0.3, -0.25) is 0 Å². The Bertz CT molecular complexity index is 1080. The first-order valence-corrected chi connectivity index (χ1v) is 9.72. The number of fused-ring (bicyclic) bond motifs is 1. The summed E-state index contributed by atoms with van der Waals surface area (Å²) in [5.41, 5.74) is 1.86. The fourth-order valence-corrected chi connectivity index (χ4v) is 3.14. The average molecular weight is 425 g/mol. The SMILES string of the molecule is COc1cc(Nc2ncc(F)c(Nc3ccc4c(c3)NCC(C)(C)O4)n2)cc(OC)c1. The Hall–Kier alpha value is -3.75. The van der Waals surface area contributed by atoms with E-state index in [0.29, 0.717) is 29.4 Å². The average Bonchev–Trinajstić information content (AvgIpc) is 2.75. The summed E-state index contributed by atoms with van der Waals surface area (Å²) in [5.74, 6) is 1.66. The molecule has 3 N–H and O–H groups in total. The Balaban J connectivity index is 1.55. The number of halogens is 1. The summed E-state index contributed by atoms with van der Waals surface area (Å²) in [6.07, 6.45) is 1.11. The minimum Gasteiger partial charge on any atom is -0.497 e. The van der Waals surface area contributed by atoms with Crippen molar-refractivity contribution in [3.8, 4) is 17.2 Å². The predicted molar refractivity (Wildman–Crippen MR) is 118 cm³/mol. The number of nitrogens with one attached hydrogen (secondary N) is 3. The van der Waals surface area contributed by atoms with Crippen LogP contribution in [-0.4, -0.2) is 36.3 Å². The van der Waals surface area contributed by atoms with Gasteiger partial charge in [0.25, 0.3) is 0 Å². The number of ether oxygens (including phenoxy) is 3. The number of anilines is 5. The van der Waals surface area contributed by atoms with Gasteiger partial charge in [-0.2, -0.15) is 4.98 Å². The lowest BCUT2D eigenvalue weighted by molar-refractivity contribution is 0.116. The number of benzene rings is 2. The lowest BCUT2D eigenvalue weighted by Crippen LogP contribution is -2.39. The highest BCUT2D eigenvalue weighted by atomic mass is 19.1. The predicted octanol–water partition coefficient (Wildman–Crippen LogP) is 4.70. The van der Waals surface area contributed by atoms with Crippen molar-refractivity contribution in [3.63, 3.8) is 0 Å². The van der Waals surface area contributed by atoms with Gasteiger partial charge in [0, 0.05) is 29.6 Å².